The van der Waals surface area contributed by atoms with E-state index in [1.165, 1.54) is 9.47 Å². The fraction of sp³-hybridized carbons (Fsp3) is 0.346. The molecule has 3 aromatic rings. The molecule has 5 rings (SSSR count). The number of amides is 2. The Bertz CT molecular complexity index is 1260. The van der Waals surface area contributed by atoms with E-state index >= 15 is 0 Å². The Morgan fingerprint density at radius 2 is 1.73 bits per heavy atom. The second-order valence-electron chi connectivity index (χ2n) is 9.22. The smallest absolute Gasteiger partial charge is 0.276 e. The van der Waals surface area contributed by atoms with Gasteiger partial charge in [0.2, 0.25) is 0 Å². The quantitative estimate of drug-likeness (QED) is 0.544. The van der Waals surface area contributed by atoms with Crippen molar-refractivity contribution >= 4 is 45.9 Å². The van der Waals surface area contributed by atoms with Crippen LogP contribution in [0.3, 0.4) is 0 Å². The van der Waals surface area contributed by atoms with Crippen molar-refractivity contribution in [2.24, 2.45) is 0 Å². The summed E-state index contributed by atoms with van der Waals surface area (Å²) in [6.07, 6.45) is 3.88. The van der Waals surface area contributed by atoms with Gasteiger partial charge in [-0.1, -0.05) is 50.4 Å². The third kappa shape index (κ3) is 3.72. The highest BCUT2D eigenvalue weighted by Crippen LogP contribution is 2.32. The summed E-state index contributed by atoms with van der Waals surface area (Å²) < 4.78 is 1.37. The molecule has 1 unspecified atom stereocenters. The molecular weight excluding hydrogens is 438 g/mol. The second-order valence-corrected chi connectivity index (χ2v) is 9.66. The van der Waals surface area contributed by atoms with Crippen LogP contribution in [0.4, 0.5) is 5.69 Å². The highest BCUT2D eigenvalue weighted by atomic mass is 35.5. The number of halogens is 1. The van der Waals surface area contributed by atoms with Crippen LogP contribution in [0.5, 0.6) is 0 Å². The molecule has 2 aromatic carbocycles. The van der Waals surface area contributed by atoms with Crippen LogP contribution < -0.4 is 10.2 Å². The van der Waals surface area contributed by atoms with Crippen molar-refractivity contribution < 1.29 is 14.4 Å². The van der Waals surface area contributed by atoms with Crippen molar-refractivity contribution in [2.45, 2.75) is 57.5 Å². The van der Waals surface area contributed by atoms with Gasteiger partial charge in [0.25, 0.3) is 17.7 Å². The summed E-state index contributed by atoms with van der Waals surface area (Å²) in [7, 11) is 0. The van der Waals surface area contributed by atoms with Crippen LogP contribution in [0.15, 0.2) is 48.5 Å². The Morgan fingerprint density at radius 3 is 2.39 bits per heavy atom. The molecule has 2 heterocycles. The number of rotatable bonds is 4. The van der Waals surface area contributed by atoms with Crippen LogP contribution in [0.1, 0.15) is 66.3 Å². The van der Waals surface area contributed by atoms with Gasteiger partial charge in [-0.25, -0.2) is 0 Å². The predicted molar refractivity (Wildman–Crippen MR) is 129 cm³/mol. The lowest BCUT2D eigenvalue weighted by Crippen LogP contribution is -2.60. The first-order valence-electron chi connectivity index (χ1n) is 11.4. The first-order valence-corrected chi connectivity index (χ1v) is 11.8. The summed E-state index contributed by atoms with van der Waals surface area (Å²) in [6, 6.07) is 13.0. The molecule has 0 saturated heterocycles. The van der Waals surface area contributed by atoms with E-state index in [1.807, 2.05) is 24.3 Å². The standard InChI is InChI=1S/C26H26ClN3O3/c1-15(2)16-7-10-20(11-8-16)29-23(24(31)28-19-5-3-4-6-19)26(33)30-21-12-9-18(27)13-17(21)14-22(30)25(29)32/h7-15,19,23H,3-6H2,1-2H3,(H,28,31). The lowest BCUT2D eigenvalue weighted by atomic mass is 10.0. The molecule has 1 aromatic heterocycles. The van der Waals surface area contributed by atoms with E-state index in [4.69, 9.17) is 11.6 Å². The van der Waals surface area contributed by atoms with Gasteiger partial charge in [-0.3, -0.25) is 23.9 Å². The maximum absolute atomic E-state index is 13.8. The molecule has 0 bridgehead atoms. The van der Waals surface area contributed by atoms with Crippen LogP contribution in [0.2, 0.25) is 5.02 Å². The number of carbonyl (C=O) groups is 3. The molecule has 1 N–H and O–H groups in total. The minimum Gasteiger partial charge on any atom is -0.351 e. The lowest BCUT2D eigenvalue weighted by molar-refractivity contribution is -0.122. The van der Waals surface area contributed by atoms with E-state index < -0.39 is 17.9 Å². The van der Waals surface area contributed by atoms with Gasteiger partial charge in [0, 0.05) is 22.1 Å². The number of hydrogen-bond acceptors (Lipinski definition) is 3. The van der Waals surface area contributed by atoms with E-state index in [-0.39, 0.29) is 17.6 Å². The molecular formula is C26H26ClN3O3. The maximum atomic E-state index is 13.8. The molecule has 1 aliphatic heterocycles. The molecule has 1 atom stereocenters. The number of hydrogen-bond donors (Lipinski definition) is 1. The average Bonchev–Trinajstić information content (AvgIpc) is 3.43. The van der Waals surface area contributed by atoms with E-state index in [9.17, 15) is 14.4 Å². The number of benzene rings is 2. The Labute approximate surface area is 197 Å². The van der Waals surface area contributed by atoms with Crippen LogP contribution in [-0.4, -0.2) is 34.4 Å². The highest BCUT2D eigenvalue weighted by molar-refractivity contribution is 6.31. The van der Waals surface area contributed by atoms with Crippen molar-refractivity contribution in [3.05, 3.63) is 64.8 Å². The van der Waals surface area contributed by atoms with Crippen LogP contribution in [0.25, 0.3) is 10.9 Å². The third-order valence-corrected chi connectivity index (χ3v) is 6.94. The largest absolute Gasteiger partial charge is 0.351 e. The van der Waals surface area contributed by atoms with Crippen molar-refractivity contribution in [3.63, 3.8) is 0 Å². The molecule has 2 amide bonds. The first kappa shape index (κ1) is 21.7. The SMILES string of the molecule is CC(C)c1ccc(N2C(=O)c3cc4cc(Cl)ccc4n3C(=O)C2C(=O)NC2CCCC2)cc1. The zero-order valence-corrected chi connectivity index (χ0v) is 19.4. The van der Waals surface area contributed by atoms with Gasteiger partial charge in [-0.15, -0.1) is 0 Å². The number of aromatic nitrogens is 1. The summed E-state index contributed by atoms with van der Waals surface area (Å²) in [5.41, 5.74) is 2.44. The summed E-state index contributed by atoms with van der Waals surface area (Å²) >= 11 is 6.14. The summed E-state index contributed by atoms with van der Waals surface area (Å²) in [4.78, 5) is 42.3. The minimum absolute atomic E-state index is 0.0344. The molecule has 6 nitrogen and oxygen atoms in total. The number of nitrogens with one attached hydrogen (secondary N) is 1. The summed E-state index contributed by atoms with van der Waals surface area (Å²) in [6.45, 7) is 4.18. The van der Waals surface area contributed by atoms with Gasteiger partial charge in [0.05, 0.1) is 5.52 Å². The van der Waals surface area contributed by atoms with Gasteiger partial charge in [0.15, 0.2) is 6.04 Å². The number of anilines is 1. The molecule has 0 radical (unpaired) electrons. The summed E-state index contributed by atoms with van der Waals surface area (Å²) in [5.74, 6) is -0.933. The monoisotopic (exact) mass is 463 g/mol. The van der Waals surface area contributed by atoms with Crippen molar-refractivity contribution in [1.29, 1.82) is 0 Å². The fourth-order valence-electron chi connectivity index (χ4n) is 4.92. The van der Waals surface area contributed by atoms with Gasteiger partial charge in [-0.05, 0) is 60.7 Å². The third-order valence-electron chi connectivity index (χ3n) is 6.70. The normalized spacial score (nSPS) is 18.9. The van der Waals surface area contributed by atoms with Gasteiger partial charge in [-0.2, -0.15) is 0 Å². The zero-order chi connectivity index (χ0) is 23.3. The Kier molecular flexibility index (Phi) is 5.49. The topological polar surface area (TPSA) is 71.4 Å². The van der Waals surface area contributed by atoms with Crippen LogP contribution >= 0.6 is 11.6 Å². The average molecular weight is 464 g/mol. The molecule has 1 saturated carbocycles. The number of carbonyl (C=O) groups excluding carboxylic acids is 3. The molecule has 33 heavy (non-hydrogen) atoms. The predicted octanol–water partition coefficient (Wildman–Crippen LogP) is 5.15. The van der Waals surface area contributed by atoms with E-state index in [1.54, 1.807) is 24.3 Å². The van der Waals surface area contributed by atoms with Crippen molar-refractivity contribution in [3.8, 4) is 0 Å². The van der Waals surface area contributed by atoms with Gasteiger partial charge in [0.1, 0.15) is 5.69 Å². The molecule has 2 aliphatic rings. The van der Waals surface area contributed by atoms with Crippen LogP contribution in [0, 0.1) is 0 Å². The molecule has 1 aliphatic carbocycles. The second kappa shape index (κ2) is 8.34. The van der Waals surface area contributed by atoms with Gasteiger partial charge >= 0.3 is 0 Å². The molecule has 0 spiro atoms. The minimum atomic E-state index is -1.28. The van der Waals surface area contributed by atoms with Crippen LogP contribution in [-0.2, 0) is 4.79 Å². The fourth-order valence-corrected chi connectivity index (χ4v) is 5.10. The number of nitrogens with zero attached hydrogens (tertiary/aromatic N) is 2. The summed E-state index contributed by atoms with van der Waals surface area (Å²) in [5, 5.41) is 4.22. The van der Waals surface area contributed by atoms with E-state index in [0.29, 0.717) is 27.5 Å². The maximum Gasteiger partial charge on any atom is 0.276 e. The van der Waals surface area contributed by atoms with Crippen molar-refractivity contribution in [2.75, 3.05) is 4.90 Å². The molecule has 1 fully saturated rings. The van der Waals surface area contributed by atoms with E-state index in [2.05, 4.69) is 19.2 Å². The Balaban J connectivity index is 1.62. The Morgan fingerprint density at radius 1 is 1.03 bits per heavy atom. The molecule has 170 valence electrons. The highest BCUT2D eigenvalue weighted by Gasteiger charge is 2.45. The molecule has 7 heteroatoms. The zero-order valence-electron chi connectivity index (χ0n) is 18.7. The number of fused-ring (bicyclic) bond motifs is 3. The van der Waals surface area contributed by atoms with E-state index in [0.717, 1.165) is 31.2 Å². The van der Waals surface area contributed by atoms with Gasteiger partial charge < -0.3 is 5.32 Å². The van der Waals surface area contributed by atoms with Crippen molar-refractivity contribution in [1.82, 2.24) is 9.88 Å². The Hall–Kier alpha value is -3.12. The lowest BCUT2D eigenvalue weighted by Gasteiger charge is -2.35. The first-order chi connectivity index (χ1) is 15.8.